The maximum atomic E-state index is 10.8. The minimum atomic E-state index is -0.946. The Morgan fingerprint density at radius 3 is 2.85 bits per heavy atom. The van der Waals surface area contributed by atoms with Gasteiger partial charge in [-0.3, -0.25) is 4.98 Å². The summed E-state index contributed by atoms with van der Waals surface area (Å²) < 4.78 is 0. The van der Waals surface area contributed by atoms with Crippen LogP contribution >= 0.6 is 0 Å². The molecule has 2 aromatic rings. The molecule has 3 rings (SSSR count). The summed E-state index contributed by atoms with van der Waals surface area (Å²) in [4.78, 5) is 21.4. The summed E-state index contributed by atoms with van der Waals surface area (Å²) in [6.07, 6.45) is 6.17. The number of anilines is 1. The third kappa shape index (κ3) is 2.47. The van der Waals surface area contributed by atoms with Crippen molar-refractivity contribution in [3.05, 3.63) is 54.0 Å². The molecular weight excluding hydrogens is 254 g/mol. The van der Waals surface area contributed by atoms with Crippen LogP contribution in [0.25, 0.3) is 0 Å². The first-order valence-electron chi connectivity index (χ1n) is 6.58. The molecule has 0 aliphatic carbocycles. The summed E-state index contributed by atoms with van der Waals surface area (Å²) >= 11 is 0. The van der Waals surface area contributed by atoms with Gasteiger partial charge in [0, 0.05) is 37.6 Å². The highest BCUT2D eigenvalue weighted by atomic mass is 16.4. The van der Waals surface area contributed by atoms with Crippen LogP contribution < -0.4 is 4.90 Å². The van der Waals surface area contributed by atoms with Gasteiger partial charge in [-0.15, -0.1) is 0 Å². The minimum absolute atomic E-state index is 0.219. The lowest BCUT2D eigenvalue weighted by molar-refractivity contribution is 0.0696. The van der Waals surface area contributed by atoms with Crippen molar-refractivity contribution in [2.75, 3.05) is 18.0 Å². The van der Waals surface area contributed by atoms with Crippen molar-refractivity contribution < 1.29 is 9.90 Å². The first-order chi connectivity index (χ1) is 9.74. The quantitative estimate of drug-likeness (QED) is 0.925. The van der Waals surface area contributed by atoms with Crippen LogP contribution in [0.15, 0.2) is 42.9 Å². The topological polar surface area (TPSA) is 66.3 Å². The summed E-state index contributed by atoms with van der Waals surface area (Å²) in [5, 5.41) is 8.87. The Morgan fingerprint density at radius 2 is 2.20 bits per heavy atom. The molecule has 1 aliphatic heterocycles. The second-order valence-corrected chi connectivity index (χ2v) is 4.93. The average Bonchev–Trinajstić information content (AvgIpc) is 2.98. The second-order valence-electron chi connectivity index (χ2n) is 4.93. The lowest BCUT2D eigenvalue weighted by atomic mass is 10.0. The number of hydrogen-bond acceptors (Lipinski definition) is 4. The van der Waals surface area contributed by atoms with Crippen molar-refractivity contribution >= 4 is 11.8 Å². The fraction of sp³-hybridized carbons (Fsp3) is 0.267. The van der Waals surface area contributed by atoms with Gasteiger partial charge in [0.25, 0.3) is 0 Å². The van der Waals surface area contributed by atoms with Gasteiger partial charge in [-0.25, -0.2) is 9.78 Å². The highest BCUT2D eigenvalue weighted by Crippen LogP contribution is 2.29. The molecule has 1 N–H and O–H groups in total. The van der Waals surface area contributed by atoms with Crippen molar-refractivity contribution in [1.29, 1.82) is 0 Å². The molecule has 0 radical (unpaired) electrons. The molecule has 0 saturated carbocycles. The van der Waals surface area contributed by atoms with Gasteiger partial charge >= 0.3 is 5.97 Å². The van der Waals surface area contributed by atoms with Gasteiger partial charge in [0.15, 0.2) is 0 Å². The molecular formula is C15H15N3O2. The molecule has 0 aromatic carbocycles. The molecule has 1 unspecified atom stereocenters. The molecule has 1 aliphatic rings. The molecule has 5 heteroatoms. The zero-order valence-corrected chi connectivity index (χ0v) is 10.9. The van der Waals surface area contributed by atoms with Gasteiger partial charge in [0.2, 0.25) is 0 Å². The van der Waals surface area contributed by atoms with Gasteiger partial charge in [-0.1, -0.05) is 6.07 Å². The van der Waals surface area contributed by atoms with Gasteiger partial charge in [-0.2, -0.15) is 0 Å². The number of carboxylic acids is 1. The maximum Gasteiger partial charge on any atom is 0.337 e. The molecule has 1 saturated heterocycles. The molecule has 0 amide bonds. The van der Waals surface area contributed by atoms with Crippen LogP contribution in [0.2, 0.25) is 0 Å². The summed E-state index contributed by atoms with van der Waals surface area (Å²) in [6, 6.07) is 7.43. The van der Waals surface area contributed by atoms with Gasteiger partial charge in [0.1, 0.15) is 5.82 Å². The number of rotatable bonds is 3. The van der Waals surface area contributed by atoms with E-state index < -0.39 is 5.97 Å². The third-order valence-corrected chi connectivity index (χ3v) is 3.66. The largest absolute Gasteiger partial charge is 0.478 e. The van der Waals surface area contributed by atoms with Crippen molar-refractivity contribution in [3.8, 4) is 0 Å². The Labute approximate surface area is 116 Å². The van der Waals surface area contributed by atoms with Crippen LogP contribution in [0.3, 0.4) is 0 Å². The van der Waals surface area contributed by atoms with Crippen LogP contribution in [0.4, 0.5) is 5.82 Å². The van der Waals surface area contributed by atoms with E-state index in [4.69, 9.17) is 5.11 Å². The van der Waals surface area contributed by atoms with E-state index in [9.17, 15) is 4.79 Å². The van der Waals surface area contributed by atoms with Crippen LogP contribution in [-0.4, -0.2) is 34.1 Å². The van der Waals surface area contributed by atoms with E-state index in [1.54, 1.807) is 18.3 Å². The lowest BCUT2D eigenvalue weighted by Crippen LogP contribution is -2.20. The van der Waals surface area contributed by atoms with E-state index in [1.807, 2.05) is 12.3 Å². The number of aromatic carboxylic acids is 1. The highest BCUT2D eigenvalue weighted by Gasteiger charge is 2.24. The average molecular weight is 269 g/mol. The zero-order valence-electron chi connectivity index (χ0n) is 10.9. The molecule has 0 spiro atoms. The van der Waals surface area contributed by atoms with E-state index in [0.717, 1.165) is 25.3 Å². The molecule has 2 aromatic heterocycles. The number of carboxylic acid groups (broad SMARTS) is 1. The summed E-state index contributed by atoms with van der Waals surface area (Å²) in [6.45, 7) is 1.82. The number of nitrogens with zero attached hydrogens (tertiary/aromatic N) is 3. The number of hydrogen-bond donors (Lipinski definition) is 1. The monoisotopic (exact) mass is 269 g/mol. The summed E-state index contributed by atoms with van der Waals surface area (Å²) in [5.74, 6) is 0.352. The summed E-state index contributed by atoms with van der Waals surface area (Å²) in [7, 11) is 0. The number of aromatic nitrogens is 2. The van der Waals surface area contributed by atoms with Crippen LogP contribution in [-0.2, 0) is 0 Å². The molecule has 0 bridgehead atoms. The van der Waals surface area contributed by atoms with E-state index in [1.165, 1.54) is 11.8 Å². The molecule has 102 valence electrons. The second kappa shape index (κ2) is 5.28. The minimum Gasteiger partial charge on any atom is -0.478 e. The van der Waals surface area contributed by atoms with Crippen LogP contribution in [0.1, 0.15) is 28.3 Å². The van der Waals surface area contributed by atoms with Gasteiger partial charge in [-0.05, 0) is 30.2 Å². The lowest BCUT2D eigenvalue weighted by Gasteiger charge is -2.17. The molecule has 1 atom stereocenters. The fourth-order valence-electron chi connectivity index (χ4n) is 2.56. The Balaban J connectivity index is 1.72. The van der Waals surface area contributed by atoms with Crippen molar-refractivity contribution in [3.63, 3.8) is 0 Å². The van der Waals surface area contributed by atoms with Crippen LogP contribution in [0, 0.1) is 0 Å². The molecule has 3 heterocycles. The van der Waals surface area contributed by atoms with Crippen molar-refractivity contribution in [2.24, 2.45) is 0 Å². The van der Waals surface area contributed by atoms with E-state index in [2.05, 4.69) is 20.9 Å². The Kier molecular flexibility index (Phi) is 3.33. The van der Waals surface area contributed by atoms with Crippen molar-refractivity contribution in [1.82, 2.24) is 9.97 Å². The number of pyridine rings is 2. The third-order valence-electron chi connectivity index (χ3n) is 3.66. The first-order valence-corrected chi connectivity index (χ1v) is 6.58. The molecule has 1 fully saturated rings. The Morgan fingerprint density at radius 1 is 1.30 bits per heavy atom. The SMILES string of the molecule is O=C(O)c1ccc(N2CCC(c3cccnc3)C2)nc1. The predicted octanol–water partition coefficient (Wildman–Crippen LogP) is 2.17. The van der Waals surface area contributed by atoms with Gasteiger partial charge < -0.3 is 10.0 Å². The van der Waals surface area contributed by atoms with Crippen molar-refractivity contribution in [2.45, 2.75) is 12.3 Å². The Bertz CT molecular complexity index is 598. The molecule has 5 nitrogen and oxygen atoms in total. The van der Waals surface area contributed by atoms with E-state index in [0.29, 0.717) is 5.92 Å². The van der Waals surface area contributed by atoms with Crippen LogP contribution in [0.5, 0.6) is 0 Å². The Hall–Kier alpha value is -2.43. The van der Waals surface area contributed by atoms with Gasteiger partial charge in [0.05, 0.1) is 5.56 Å². The number of carbonyl (C=O) groups is 1. The summed E-state index contributed by atoms with van der Waals surface area (Å²) in [5.41, 5.74) is 1.47. The van der Waals surface area contributed by atoms with E-state index in [-0.39, 0.29) is 5.56 Å². The fourth-order valence-corrected chi connectivity index (χ4v) is 2.56. The first kappa shape index (κ1) is 12.6. The zero-order chi connectivity index (χ0) is 13.9. The molecule has 20 heavy (non-hydrogen) atoms. The predicted molar refractivity (Wildman–Crippen MR) is 75.0 cm³/mol. The van der Waals surface area contributed by atoms with E-state index >= 15 is 0 Å². The standard InChI is InChI=1S/C15H15N3O2/c19-15(20)12-3-4-14(17-9-12)18-7-5-13(10-18)11-2-1-6-16-8-11/h1-4,6,8-9,13H,5,7,10H2,(H,19,20). The normalized spacial score (nSPS) is 18.2. The maximum absolute atomic E-state index is 10.8. The highest BCUT2D eigenvalue weighted by molar-refractivity contribution is 5.87. The smallest absolute Gasteiger partial charge is 0.337 e.